The van der Waals surface area contributed by atoms with Crippen molar-refractivity contribution in [3.05, 3.63) is 0 Å². The maximum Gasteiger partial charge on any atom is 0.187 e. The summed E-state index contributed by atoms with van der Waals surface area (Å²) in [5, 5.41) is 0. The van der Waals surface area contributed by atoms with E-state index in [-0.39, 0.29) is 11.2 Å². The predicted octanol–water partition coefficient (Wildman–Crippen LogP) is 4.17. The third kappa shape index (κ3) is 3.08. The molecule has 0 aromatic carbocycles. The second kappa shape index (κ2) is 4.79. The Kier molecular flexibility index (Phi) is 4.25. The molecular formula is C13H28O2Si. The molecule has 2 nitrogen and oxygen atoms in total. The topological polar surface area (TPSA) is 18.5 Å². The summed E-state index contributed by atoms with van der Waals surface area (Å²) in [7, 11) is -1.57. The molecule has 1 fully saturated rings. The number of hydrogen-bond acceptors (Lipinski definition) is 2. The molecule has 0 heterocycles. The second-order valence-electron chi connectivity index (χ2n) is 6.49. The van der Waals surface area contributed by atoms with Crippen LogP contribution in [0.1, 0.15) is 46.5 Å². The minimum absolute atomic E-state index is 0.140. The van der Waals surface area contributed by atoms with E-state index in [2.05, 4.69) is 40.4 Å². The monoisotopic (exact) mass is 244 g/mol. The van der Waals surface area contributed by atoms with Crippen LogP contribution in [0.25, 0.3) is 0 Å². The van der Waals surface area contributed by atoms with Gasteiger partial charge in [0.1, 0.15) is 0 Å². The summed E-state index contributed by atoms with van der Waals surface area (Å²) in [5.74, 6) is -0.329. The summed E-state index contributed by atoms with van der Waals surface area (Å²) in [6.07, 6.45) is 4.79. The van der Waals surface area contributed by atoms with Crippen LogP contribution in [0.15, 0.2) is 0 Å². The van der Waals surface area contributed by atoms with E-state index in [0.717, 1.165) is 13.0 Å². The van der Waals surface area contributed by atoms with E-state index in [1.807, 2.05) is 0 Å². The average molecular weight is 244 g/mol. The van der Waals surface area contributed by atoms with Gasteiger partial charge in [-0.3, -0.25) is 0 Å². The Labute approximate surface area is 102 Å². The van der Waals surface area contributed by atoms with Gasteiger partial charge in [0.2, 0.25) is 0 Å². The van der Waals surface area contributed by atoms with Crippen molar-refractivity contribution < 1.29 is 9.16 Å². The molecule has 0 aromatic heterocycles. The molecule has 1 aliphatic rings. The van der Waals surface area contributed by atoms with Crippen molar-refractivity contribution >= 4 is 8.32 Å². The van der Waals surface area contributed by atoms with E-state index in [0.29, 0.717) is 0 Å². The van der Waals surface area contributed by atoms with Crippen molar-refractivity contribution in [1.82, 2.24) is 0 Å². The van der Waals surface area contributed by atoms with E-state index in [1.54, 1.807) is 0 Å². The van der Waals surface area contributed by atoms with Crippen LogP contribution in [0.4, 0.5) is 0 Å². The zero-order valence-corrected chi connectivity index (χ0v) is 12.9. The Morgan fingerprint density at radius 3 is 2.06 bits per heavy atom. The van der Waals surface area contributed by atoms with Crippen LogP contribution in [0, 0.1) is 5.41 Å². The normalized spacial score (nSPS) is 30.4. The summed E-state index contributed by atoms with van der Waals surface area (Å²) < 4.78 is 12.5. The third-order valence-corrected chi connectivity index (χ3v) is 4.38. The molecule has 3 heteroatoms. The minimum Gasteiger partial charge on any atom is -0.390 e. The van der Waals surface area contributed by atoms with Gasteiger partial charge in [-0.15, -0.1) is 0 Å². The van der Waals surface area contributed by atoms with Crippen molar-refractivity contribution in [2.24, 2.45) is 5.41 Å². The predicted molar refractivity (Wildman–Crippen MR) is 71.0 cm³/mol. The fourth-order valence-corrected chi connectivity index (χ4v) is 4.09. The van der Waals surface area contributed by atoms with E-state index in [9.17, 15) is 0 Å². The van der Waals surface area contributed by atoms with E-state index < -0.39 is 8.32 Å². The first-order valence-electron chi connectivity index (χ1n) is 6.57. The van der Waals surface area contributed by atoms with Crippen LogP contribution < -0.4 is 0 Å². The highest BCUT2D eigenvalue weighted by atomic mass is 28.4. The zero-order valence-electron chi connectivity index (χ0n) is 11.9. The summed E-state index contributed by atoms with van der Waals surface area (Å²) in [6, 6.07) is 0. The van der Waals surface area contributed by atoms with Gasteiger partial charge in [0.05, 0.1) is 0 Å². The largest absolute Gasteiger partial charge is 0.390 e. The van der Waals surface area contributed by atoms with Crippen LogP contribution in [0.3, 0.4) is 0 Å². The molecule has 1 saturated carbocycles. The lowest BCUT2D eigenvalue weighted by molar-refractivity contribution is -0.266. The molecule has 0 saturated heterocycles. The van der Waals surface area contributed by atoms with Gasteiger partial charge in [-0.1, -0.05) is 20.3 Å². The summed E-state index contributed by atoms with van der Waals surface area (Å²) >= 11 is 0. The maximum atomic E-state index is 6.44. The van der Waals surface area contributed by atoms with Crippen LogP contribution in [0.5, 0.6) is 0 Å². The van der Waals surface area contributed by atoms with Crippen LogP contribution in [-0.4, -0.2) is 20.7 Å². The van der Waals surface area contributed by atoms with Gasteiger partial charge in [-0.2, -0.15) is 0 Å². The quantitative estimate of drug-likeness (QED) is 0.546. The summed E-state index contributed by atoms with van der Waals surface area (Å²) in [5.41, 5.74) is 0.140. The Bertz CT molecular complexity index is 229. The van der Waals surface area contributed by atoms with Crippen LogP contribution >= 0.6 is 0 Å². The van der Waals surface area contributed by atoms with Crippen molar-refractivity contribution in [2.75, 3.05) is 6.61 Å². The van der Waals surface area contributed by atoms with Gasteiger partial charge < -0.3 is 9.16 Å². The van der Waals surface area contributed by atoms with Crippen molar-refractivity contribution in [2.45, 2.75) is 71.9 Å². The highest BCUT2D eigenvalue weighted by molar-refractivity contribution is 6.69. The Morgan fingerprint density at radius 1 is 1.06 bits per heavy atom. The molecule has 0 N–H and O–H groups in total. The van der Waals surface area contributed by atoms with Gasteiger partial charge >= 0.3 is 0 Å². The first-order chi connectivity index (χ1) is 7.22. The molecule has 0 aromatic rings. The lowest BCUT2D eigenvalue weighted by Crippen LogP contribution is -2.56. The lowest BCUT2D eigenvalue weighted by atomic mass is 9.72. The van der Waals surface area contributed by atoms with Gasteiger partial charge in [0.15, 0.2) is 14.1 Å². The molecular weight excluding hydrogens is 216 g/mol. The fraction of sp³-hybridized carbons (Fsp3) is 1.00. The molecule has 1 atom stereocenters. The Morgan fingerprint density at radius 2 is 1.62 bits per heavy atom. The third-order valence-electron chi connectivity index (χ3n) is 3.44. The van der Waals surface area contributed by atoms with Crippen molar-refractivity contribution in [3.63, 3.8) is 0 Å². The first kappa shape index (κ1) is 14.2. The molecule has 96 valence electrons. The van der Waals surface area contributed by atoms with Crippen LogP contribution in [-0.2, 0) is 9.16 Å². The SMILES string of the molecule is CCOC1(O[Si](C)(C)C)CCCCC1(C)C. The van der Waals surface area contributed by atoms with Crippen molar-refractivity contribution in [1.29, 1.82) is 0 Å². The van der Waals surface area contributed by atoms with Gasteiger partial charge in [0, 0.05) is 18.4 Å². The number of rotatable bonds is 4. The van der Waals surface area contributed by atoms with Crippen molar-refractivity contribution in [3.8, 4) is 0 Å². The first-order valence-corrected chi connectivity index (χ1v) is 9.97. The highest BCUT2D eigenvalue weighted by Crippen LogP contribution is 2.48. The molecule has 0 radical (unpaired) electrons. The average Bonchev–Trinajstić information content (AvgIpc) is 2.08. The fourth-order valence-electron chi connectivity index (χ4n) is 2.67. The second-order valence-corrected chi connectivity index (χ2v) is 10.9. The van der Waals surface area contributed by atoms with Gasteiger partial charge in [0.25, 0.3) is 0 Å². The standard InChI is InChI=1S/C13H28O2Si/c1-7-14-13(15-16(4,5)6)11-9-8-10-12(13,2)3/h7-11H2,1-6H3. The minimum atomic E-state index is -1.57. The highest BCUT2D eigenvalue weighted by Gasteiger charge is 2.50. The Hall–Kier alpha value is 0.137. The zero-order chi connectivity index (χ0) is 12.4. The summed E-state index contributed by atoms with van der Waals surface area (Å²) in [6.45, 7) is 14.1. The maximum absolute atomic E-state index is 6.44. The smallest absolute Gasteiger partial charge is 0.187 e. The number of hydrogen-bond donors (Lipinski definition) is 0. The van der Waals surface area contributed by atoms with E-state index in [4.69, 9.17) is 9.16 Å². The van der Waals surface area contributed by atoms with E-state index >= 15 is 0 Å². The molecule has 16 heavy (non-hydrogen) atoms. The Balaban J connectivity index is 2.93. The molecule has 0 bridgehead atoms. The van der Waals surface area contributed by atoms with Gasteiger partial charge in [-0.05, 0) is 39.4 Å². The molecule has 0 amide bonds. The number of ether oxygens (including phenoxy) is 1. The van der Waals surface area contributed by atoms with Gasteiger partial charge in [-0.25, -0.2) is 0 Å². The summed E-state index contributed by atoms with van der Waals surface area (Å²) in [4.78, 5) is 0. The molecule has 0 aliphatic heterocycles. The van der Waals surface area contributed by atoms with E-state index in [1.165, 1.54) is 19.3 Å². The molecule has 1 unspecified atom stereocenters. The molecule has 1 rings (SSSR count). The van der Waals surface area contributed by atoms with Crippen LogP contribution in [0.2, 0.25) is 19.6 Å². The molecule has 0 spiro atoms. The lowest BCUT2D eigenvalue weighted by Gasteiger charge is -2.51. The molecule has 1 aliphatic carbocycles.